The molecule has 3 nitrogen and oxygen atoms in total. The molecule has 110 valence electrons. The maximum absolute atomic E-state index is 12.4. The fourth-order valence-electron chi connectivity index (χ4n) is 2.08. The molecule has 0 aliphatic rings. The second kappa shape index (κ2) is 6.37. The summed E-state index contributed by atoms with van der Waals surface area (Å²) in [5.74, 6) is -0.152. The molecule has 2 aromatic carbocycles. The van der Waals surface area contributed by atoms with Crippen molar-refractivity contribution in [2.75, 3.05) is 12.8 Å². The quantitative estimate of drug-likeness (QED) is 0.862. The van der Waals surface area contributed by atoms with Gasteiger partial charge in [-0.15, -0.1) is 0 Å². The van der Waals surface area contributed by atoms with Crippen molar-refractivity contribution in [2.24, 2.45) is 0 Å². The molecular formula is C16H16Cl2N2O. The summed E-state index contributed by atoms with van der Waals surface area (Å²) < 4.78 is 0. The molecule has 0 heterocycles. The third kappa shape index (κ3) is 3.69. The van der Waals surface area contributed by atoms with Gasteiger partial charge in [-0.3, -0.25) is 4.79 Å². The summed E-state index contributed by atoms with van der Waals surface area (Å²) in [6.45, 7) is 2.53. The molecule has 21 heavy (non-hydrogen) atoms. The summed E-state index contributed by atoms with van der Waals surface area (Å²) in [6.07, 6.45) is 0. The molecule has 0 aliphatic heterocycles. The van der Waals surface area contributed by atoms with E-state index in [0.29, 0.717) is 12.1 Å². The molecule has 5 heteroatoms. The summed E-state index contributed by atoms with van der Waals surface area (Å²) in [6, 6.07) is 11.1. The minimum absolute atomic E-state index is 0.152. The van der Waals surface area contributed by atoms with Crippen molar-refractivity contribution in [3.05, 3.63) is 63.1 Å². The Hall–Kier alpha value is -1.71. The number of hydrogen-bond donors (Lipinski definition) is 1. The Balaban J connectivity index is 2.20. The van der Waals surface area contributed by atoms with Crippen LogP contribution in [-0.2, 0) is 6.54 Å². The summed E-state index contributed by atoms with van der Waals surface area (Å²) >= 11 is 11.9. The number of rotatable bonds is 3. The Labute approximate surface area is 134 Å². The fraction of sp³-hybridized carbons (Fsp3) is 0.188. The van der Waals surface area contributed by atoms with Gasteiger partial charge in [0.1, 0.15) is 0 Å². The van der Waals surface area contributed by atoms with E-state index in [1.807, 2.05) is 31.2 Å². The average molecular weight is 323 g/mol. The maximum Gasteiger partial charge on any atom is 0.254 e. The van der Waals surface area contributed by atoms with Crippen LogP contribution in [0.5, 0.6) is 0 Å². The first-order valence-corrected chi connectivity index (χ1v) is 7.19. The molecule has 0 saturated heterocycles. The summed E-state index contributed by atoms with van der Waals surface area (Å²) in [5, 5.41) is 0.574. The van der Waals surface area contributed by atoms with Gasteiger partial charge in [0.25, 0.3) is 5.91 Å². The topological polar surface area (TPSA) is 46.3 Å². The molecule has 2 aromatic rings. The molecular weight excluding hydrogens is 307 g/mol. The number of nitrogens with two attached hydrogens (primary N) is 1. The highest BCUT2D eigenvalue weighted by molar-refractivity contribution is 6.39. The highest BCUT2D eigenvalue weighted by atomic mass is 35.5. The number of aryl methyl sites for hydroxylation is 1. The van der Waals surface area contributed by atoms with Crippen LogP contribution in [0.1, 0.15) is 21.5 Å². The van der Waals surface area contributed by atoms with E-state index in [1.165, 1.54) is 12.1 Å². The monoisotopic (exact) mass is 322 g/mol. The second-order valence-electron chi connectivity index (χ2n) is 5.00. The Morgan fingerprint density at radius 1 is 1.19 bits per heavy atom. The standard InChI is InChI=1S/C16H16Cl2N2O/c1-10-4-3-5-11(6-10)9-20(2)16(21)12-7-13(17)15(19)14(18)8-12/h3-8H,9,19H2,1-2H3. The van der Waals surface area contributed by atoms with Crippen molar-refractivity contribution in [2.45, 2.75) is 13.5 Å². The van der Waals surface area contributed by atoms with E-state index in [4.69, 9.17) is 28.9 Å². The van der Waals surface area contributed by atoms with Crippen molar-refractivity contribution in [1.82, 2.24) is 4.90 Å². The minimum atomic E-state index is -0.152. The molecule has 2 rings (SSSR count). The van der Waals surface area contributed by atoms with Gasteiger partial charge in [0, 0.05) is 19.2 Å². The first kappa shape index (κ1) is 15.7. The van der Waals surface area contributed by atoms with Crippen molar-refractivity contribution in [3.63, 3.8) is 0 Å². The largest absolute Gasteiger partial charge is 0.396 e. The third-order valence-corrected chi connectivity index (χ3v) is 3.80. The third-order valence-electron chi connectivity index (χ3n) is 3.17. The Bertz CT molecular complexity index is 663. The van der Waals surface area contributed by atoms with Gasteiger partial charge >= 0.3 is 0 Å². The number of nitrogens with zero attached hydrogens (tertiary/aromatic N) is 1. The molecule has 0 bridgehead atoms. The van der Waals surface area contributed by atoms with Crippen molar-refractivity contribution < 1.29 is 4.79 Å². The van der Waals surface area contributed by atoms with E-state index in [1.54, 1.807) is 11.9 Å². The van der Waals surface area contributed by atoms with Gasteiger partial charge in [-0.2, -0.15) is 0 Å². The second-order valence-corrected chi connectivity index (χ2v) is 5.82. The molecule has 0 aromatic heterocycles. The van der Waals surface area contributed by atoms with E-state index in [9.17, 15) is 4.79 Å². The van der Waals surface area contributed by atoms with E-state index in [2.05, 4.69) is 0 Å². The molecule has 0 aliphatic carbocycles. The average Bonchev–Trinajstić information content (AvgIpc) is 2.43. The zero-order valence-corrected chi connectivity index (χ0v) is 13.4. The van der Waals surface area contributed by atoms with Gasteiger partial charge in [-0.05, 0) is 24.6 Å². The number of anilines is 1. The summed E-state index contributed by atoms with van der Waals surface area (Å²) in [5.41, 5.74) is 8.62. The molecule has 0 unspecified atom stereocenters. The van der Waals surface area contributed by atoms with Crippen LogP contribution in [-0.4, -0.2) is 17.9 Å². The molecule has 0 atom stereocenters. The zero-order valence-electron chi connectivity index (χ0n) is 11.9. The lowest BCUT2D eigenvalue weighted by atomic mass is 10.1. The highest BCUT2D eigenvalue weighted by Gasteiger charge is 2.15. The molecule has 0 fully saturated rings. The van der Waals surface area contributed by atoms with Crippen LogP contribution in [0, 0.1) is 6.92 Å². The number of amides is 1. The van der Waals surface area contributed by atoms with Gasteiger partial charge < -0.3 is 10.6 Å². The first-order valence-electron chi connectivity index (χ1n) is 6.44. The predicted octanol–water partition coefficient (Wildman–Crippen LogP) is 4.16. The van der Waals surface area contributed by atoms with Crippen LogP contribution < -0.4 is 5.73 Å². The van der Waals surface area contributed by atoms with Crippen LogP contribution in [0.25, 0.3) is 0 Å². The van der Waals surface area contributed by atoms with Gasteiger partial charge in [0.2, 0.25) is 0 Å². The van der Waals surface area contributed by atoms with Crippen LogP contribution in [0.2, 0.25) is 10.0 Å². The van der Waals surface area contributed by atoms with E-state index < -0.39 is 0 Å². The Morgan fingerprint density at radius 3 is 2.38 bits per heavy atom. The van der Waals surface area contributed by atoms with Gasteiger partial charge in [0.05, 0.1) is 15.7 Å². The SMILES string of the molecule is Cc1cccc(CN(C)C(=O)c2cc(Cl)c(N)c(Cl)c2)c1. The van der Waals surface area contributed by atoms with Gasteiger partial charge in [-0.1, -0.05) is 53.0 Å². The highest BCUT2D eigenvalue weighted by Crippen LogP contribution is 2.29. The van der Waals surface area contributed by atoms with E-state index >= 15 is 0 Å². The van der Waals surface area contributed by atoms with Crippen molar-refractivity contribution in [1.29, 1.82) is 0 Å². The van der Waals surface area contributed by atoms with Crippen LogP contribution in [0.15, 0.2) is 36.4 Å². The van der Waals surface area contributed by atoms with E-state index in [-0.39, 0.29) is 21.6 Å². The van der Waals surface area contributed by atoms with Crippen LogP contribution >= 0.6 is 23.2 Å². The van der Waals surface area contributed by atoms with Crippen molar-refractivity contribution in [3.8, 4) is 0 Å². The smallest absolute Gasteiger partial charge is 0.254 e. The lowest BCUT2D eigenvalue weighted by Crippen LogP contribution is -2.26. The number of halogens is 2. The van der Waals surface area contributed by atoms with Crippen LogP contribution in [0.4, 0.5) is 5.69 Å². The summed E-state index contributed by atoms with van der Waals surface area (Å²) in [4.78, 5) is 14.0. The molecule has 0 saturated carbocycles. The predicted molar refractivity (Wildman–Crippen MR) is 87.9 cm³/mol. The molecule has 2 N–H and O–H groups in total. The van der Waals surface area contributed by atoms with Gasteiger partial charge in [0.15, 0.2) is 0 Å². The van der Waals surface area contributed by atoms with Crippen molar-refractivity contribution >= 4 is 34.8 Å². The Morgan fingerprint density at radius 2 is 1.81 bits per heavy atom. The maximum atomic E-state index is 12.4. The number of benzene rings is 2. The van der Waals surface area contributed by atoms with E-state index in [0.717, 1.165) is 11.1 Å². The lowest BCUT2D eigenvalue weighted by molar-refractivity contribution is 0.0785. The Kier molecular flexibility index (Phi) is 4.76. The molecule has 0 spiro atoms. The molecule has 0 radical (unpaired) electrons. The lowest BCUT2D eigenvalue weighted by Gasteiger charge is -2.18. The number of hydrogen-bond acceptors (Lipinski definition) is 2. The fourth-order valence-corrected chi connectivity index (χ4v) is 2.57. The minimum Gasteiger partial charge on any atom is -0.396 e. The molecule has 1 amide bonds. The normalized spacial score (nSPS) is 10.5. The number of nitrogen functional groups attached to an aromatic ring is 1. The summed E-state index contributed by atoms with van der Waals surface area (Å²) in [7, 11) is 1.74. The number of carbonyl (C=O) groups excluding carboxylic acids is 1. The number of carbonyl (C=O) groups is 1. The first-order chi connectivity index (χ1) is 9.88. The zero-order chi connectivity index (χ0) is 15.6. The van der Waals surface area contributed by atoms with Gasteiger partial charge in [-0.25, -0.2) is 0 Å². The van der Waals surface area contributed by atoms with Crippen LogP contribution in [0.3, 0.4) is 0 Å².